The van der Waals surface area contributed by atoms with E-state index in [1.807, 2.05) is 30.3 Å². The highest BCUT2D eigenvalue weighted by molar-refractivity contribution is 7.89. The molecule has 1 heterocycles. The van der Waals surface area contributed by atoms with Gasteiger partial charge in [0.2, 0.25) is 0 Å². The van der Waals surface area contributed by atoms with Crippen LogP contribution in [0.3, 0.4) is 0 Å². The van der Waals surface area contributed by atoms with E-state index < -0.39 is 28.6 Å². The quantitative estimate of drug-likeness (QED) is 0.387. The lowest BCUT2D eigenvalue weighted by molar-refractivity contribution is -0.139. The van der Waals surface area contributed by atoms with Crippen LogP contribution >= 0.6 is 0 Å². The first kappa shape index (κ1) is 24.8. The molecule has 0 bridgehead atoms. The first-order valence-corrected chi connectivity index (χ1v) is 13.0. The van der Waals surface area contributed by atoms with Crippen molar-refractivity contribution >= 4 is 16.0 Å². The van der Waals surface area contributed by atoms with Crippen LogP contribution in [-0.4, -0.2) is 42.8 Å². The third kappa shape index (κ3) is 6.05. The molecule has 0 saturated carbocycles. The number of hydrogen-bond donors (Lipinski definition) is 3. The molecule has 2 aromatic carbocycles. The lowest BCUT2D eigenvalue weighted by Gasteiger charge is -2.21. The Morgan fingerprint density at radius 1 is 1.09 bits per heavy atom. The molecule has 0 spiro atoms. The maximum atomic E-state index is 13.2. The van der Waals surface area contributed by atoms with Gasteiger partial charge in [0.25, 0.3) is 10.0 Å². The average Bonchev–Trinajstić information content (AvgIpc) is 3.05. The first-order valence-electron chi connectivity index (χ1n) is 11.5. The van der Waals surface area contributed by atoms with Crippen LogP contribution in [0, 0.1) is 0 Å². The molecule has 3 aromatic rings. The van der Waals surface area contributed by atoms with Crippen LogP contribution in [-0.2, 0) is 27.7 Å². The number of nitrogens with zero attached hydrogens (tertiary/aromatic N) is 1. The van der Waals surface area contributed by atoms with Crippen LogP contribution in [0.5, 0.6) is 5.75 Å². The van der Waals surface area contributed by atoms with Gasteiger partial charge in [-0.3, -0.25) is 0 Å². The summed E-state index contributed by atoms with van der Waals surface area (Å²) < 4.78 is 34.7. The Morgan fingerprint density at radius 3 is 2.66 bits per heavy atom. The molecule has 35 heavy (non-hydrogen) atoms. The summed E-state index contributed by atoms with van der Waals surface area (Å²) in [5, 5.41) is 18.1. The Kier molecular flexibility index (Phi) is 7.80. The number of pyridine rings is 1. The summed E-state index contributed by atoms with van der Waals surface area (Å²) in [5.74, 6) is -0.593. The Labute approximate surface area is 204 Å². The SMILES string of the molecule is O=C(O)COc1cccc2c1CCCCC2NS(=O)(=O)c1ccc(-c2cccc(CCO)c2)cn1. The number of aliphatic carboxylic acids is 1. The molecule has 0 amide bonds. The highest BCUT2D eigenvalue weighted by Crippen LogP contribution is 2.35. The molecule has 0 aliphatic heterocycles. The molecular formula is C26H28N2O6S. The second-order valence-electron chi connectivity index (χ2n) is 8.49. The van der Waals surface area contributed by atoms with E-state index >= 15 is 0 Å². The van der Waals surface area contributed by atoms with Crippen molar-refractivity contribution in [3.63, 3.8) is 0 Å². The number of aromatic nitrogens is 1. The van der Waals surface area contributed by atoms with Gasteiger partial charge in [-0.25, -0.2) is 22.9 Å². The molecule has 1 atom stereocenters. The number of rotatable bonds is 9. The van der Waals surface area contributed by atoms with Gasteiger partial charge in [0.15, 0.2) is 11.6 Å². The second-order valence-corrected chi connectivity index (χ2v) is 10.1. The minimum Gasteiger partial charge on any atom is -0.482 e. The zero-order chi connectivity index (χ0) is 24.8. The van der Waals surface area contributed by atoms with Crippen molar-refractivity contribution in [3.8, 4) is 16.9 Å². The third-order valence-corrected chi connectivity index (χ3v) is 7.42. The van der Waals surface area contributed by atoms with E-state index in [2.05, 4.69) is 9.71 Å². The highest BCUT2D eigenvalue weighted by Gasteiger charge is 2.27. The maximum Gasteiger partial charge on any atom is 0.341 e. The number of sulfonamides is 1. The van der Waals surface area contributed by atoms with Crippen molar-refractivity contribution in [1.29, 1.82) is 0 Å². The standard InChI is InChI=1S/C26H28N2O6S/c29-14-13-18-5-3-6-19(15-18)20-11-12-25(27-16-20)35(32,33)28-23-9-2-1-7-22-21(23)8-4-10-24(22)34-17-26(30)31/h3-6,8,10-12,15-16,23,28-29H,1-2,7,9,13-14,17H2,(H,30,31). The minimum atomic E-state index is -3.90. The summed E-state index contributed by atoms with van der Waals surface area (Å²) in [5.41, 5.74) is 4.30. The number of carboxylic acid groups (broad SMARTS) is 1. The molecular weight excluding hydrogens is 468 g/mol. The molecule has 9 heteroatoms. The van der Waals surface area contributed by atoms with E-state index in [0.29, 0.717) is 25.0 Å². The minimum absolute atomic E-state index is 0.0576. The van der Waals surface area contributed by atoms with E-state index in [1.165, 1.54) is 12.3 Å². The fourth-order valence-electron chi connectivity index (χ4n) is 4.37. The topological polar surface area (TPSA) is 126 Å². The van der Waals surface area contributed by atoms with Gasteiger partial charge in [0.05, 0.1) is 0 Å². The number of ether oxygens (including phenoxy) is 1. The largest absolute Gasteiger partial charge is 0.482 e. The van der Waals surface area contributed by atoms with Crippen molar-refractivity contribution in [1.82, 2.24) is 9.71 Å². The van der Waals surface area contributed by atoms with Gasteiger partial charge >= 0.3 is 5.97 Å². The van der Waals surface area contributed by atoms with E-state index in [4.69, 9.17) is 14.9 Å². The number of carbonyl (C=O) groups is 1. The number of carboxylic acids is 1. The van der Waals surface area contributed by atoms with Crippen LogP contribution in [0.2, 0.25) is 0 Å². The highest BCUT2D eigenvalue weighted by atomic mass is 32.2. The van der Waals surface area contributed by atoms with E-state index in [9.17, 15) is 13.2 Å². The Balaban J connectivity index is 1.56. The Bertz CT molecular complexity index is 1290. The molecule has 0 saturated heterocycles. The molecule has 0 fully saturated rings. The third-order valence-electron chi connectivity index (χ3n) is 6.04. The van der Waals surface area contributed by atoms with E-state index in [1.54, 1.807) is 18.2 Å². The molecule has 1 aliphatic rings. The summed E-state index contributed by atoms with van der Waals surface area (Å²) in [6.07, 6.45) is 5.04. The normalized spacial score (nSPS) is 15.7. The summed E-state index contributed by atoms with van der Waals surface area (Å²) >= 11 is 0. The summed E-state index contributed by atoms with van der Waals surface area (Å²) in [7, 11) is -3.90. The number of aliphatic hydroxyl groups is 1. The van der Waals surface area contributed by atoms with Crippen LogP contribution in [0.1, 0.15) is 42.0 Å². The monoisotopic (exact) mass is 496 g/mol. The predicted molar refractivity (Wildman–Crippen MR) is 131 cm³/mol. The fourth-order valence-corrected chi connectivity index (χ4v) is 5.55. The number of aliphatic hydroxyl groups excluding tert-OH is 1. The van der Waals surface area contributed by atoms with Gasteiger partial charge in [-0.1, -0.05) is 42.8 Å². The van der Waals surface area contributed by atoms with Gasteiger partial charge < -0.3 is 14.9 Å². The van der Waals surface area contributed by atoms with Gasteiger partial charge in [0, 0.05) is 24.4 Å². The average molecular weight is 497 g/mol. The van der Waals surface area contributed by atoms with Crippen LogP contribution in [0.4, 0.5) is 0 Å². The van der Waals surface area contributed by atoms with Gasteiger partial charge in [0.1, 0.15) is 5.75 Å². The Hall–Kier alpha value is -3.27. The lowest BCUT2D eigenvalue weighted by Crippen LogP contribution is -2.29. The molecule has 0 radical (unpaired) electrons. The van der Waals surface area contributed by atoms with E-state index in [0.717, 1.165) is 40.7 Å². The Morgan fingerprint density at radius 2 is 1.91 bits per heavy atom. The van der Waals surface area contributed by atoms with Crippen LogP contribution in [0.15, 0.2) is 65.8 Å². The molecule has 1 aromatic heterocycles. The molecule has 4 rings (SSSR count). The molecule has 8 nitrogen and oxygen atoms in total. The molecule has 184 valence electrons. The smallest absolute Gasteiger partial charge is 0.341 e. The van der Waals surface area contributed by atoms with Crippen molar-refractivity contribution in [3.05, 3.63) is 77.5 Å². The van der Waals surface area contributed by atoms with Crippen LogP contribution < -0.4 is 9.46 Å². The van der Waals surface area contributed by atoms with Crippen molar-refractivity contribution in [2.75, 3.05) is 13.2 Å². The number of benzene rings is 2. The molecule has 3 N–H and O–H groups in total. The molecule has 1 unspecified atom stereocenters. The van der Waals surface area contributed by atoms with Crippen molar-refractivity contribution in [2.45, 2.75) is 43.2 Å². The lowest BCUT2D eigenvalue weighted by atomic mass is 9.99. The zero-order valence-corrected chi connectivity index (χ0v) is 20.0. The first-order chi connectivity index (χ1) is 16.9. The predicted octanol–water partition coefficient (Wildman–Crippen LogP) is 3.49. The second kappa shape index (κ2) is 11.0. The van der Waals surface area contributed by atoms with Gasteiger partial charge in [-0.2, -0.15) is 0 Å². The number of hydrogen-bond acceptors (Lipinski definition) is 6. The zero-order valence-electron chi connectivity index (χ0n) is 19.2. The van der Waals surface area contributed by atoms with Crippen molar-refractivity contribution < 1.29 is 28.2 Å². The maximum absolute atomic E-state index is 13.2. The van der Waals surface area contributed by atoms with Gasteiger partial charge in [-0.15, -0.1) is 0 Å². The summed E-state index contributed by atoms with van der Waals surface area (Å²) in [4.78, 5) is 15.2. The summed E-state index contributed by atoms with van der Waals surface area (Å²) in [6, 6.07) is 15.7. The van der Waals surface area contributed by atoms with Crippen molar-refractivity contribution in [2.24, 2.45) is 0 Å². The summed E-state index contributed by atoms with van der Waals surface area (Å²) in [6.45, 7) is -0.395. The van der Waals surface area contributed by atoms with Crippen LogP contribution in [0.25, 0.3) is 11.1 Å². The van der Waals surface area contributed by atoms with E-state index in [-0.39, 0.29) is 11.6 Å². The fraction of sp³-hybridized carbons (Fsp3) is 0.308. The number of fused-ring (bicyclic) bond motifs is 1. The molecule has 1 aliphatic carbocycles. The van der Waals surface area contributed by atoms with Gasteiger partial charge in [-0.05, 0) is 66.1 Å². The number of nitrogens with one attached hydrogen (secondary N) is 1.